The van der Waals surface area contributed by atoms with Gasteiger partial charge < -0.3 is 16.4 Å². The summed E-state index contributed by atoms with van der Waals surface area (Å²) in [5, 5.41) is 0. The number of likely N-dealkylation sites (tertiary alicyclic amines) is 1. The SMILES string of the molecule is NC(=O)c1ccc(-c2cnc(N)nc2C2CCCN(C(=O)CCCc3ccccc3)C2)cc1. The number of hydrogen-bond acceptors (Lipinski definition) is 5. The Labute approximate surface area is 193 Å². The van der Waals surface area contributed by atoms with E-state index in [-0.39, 0.29) is 17.8 Å². The highest BCUT2D eigenvalue weighted by atomic mass is 16.2. The Morgan fingerprint density at radius 3 is 2.55 bits per heavy atom. The topological polar surface area (TPSA) is 115 Å². The lowest BCUT2D eigenvalue weighted by Gasteiger charge is -2.33. The van der Waals surface area contributed by atoms with Crippen LogP contribution < -0.4 is 11.5 Å². The molecule has 2 heterocycles. The number of aromatic nitrogens is 2. The maximum Gasteiger partial charge on any atom is 0.248 e. The molecule has 33 heavy (non-hydrogen) atoms. The van der Waals surface area contributed by atoms with Gasteiger partial charge in [0.05, 0.1) is 5.69 Å². The van der Waals surface area contributed by atoms with E-state index in [9.17, 15) is 9.59 Å². The van der Waals surface area contributed by atoms with Crippen LogP contribution in [0.15, 0.2) is 60.8 Å². The molecule has 7 heteroatoms. The van der Waals surface area contributed by atoms with Crippen molar-refractivity contribution in [1.29, 1.82) is 0 Å². The molecule has 2 amide bonds. The first-order chi connectivity index (χ1) is 16.0. The molecule has 1 aliphatic rings. The summed E-state index contributed by atoms with van der Waals surface area (Å²) in [6.45, 7) is 1.39. The van der Waals surface area contributed by atoms with E-state index < -0.39 is 5.91 Å². The molecule has 0 saturated carbocycles. The number of aryl methyl sites for hydroxylation is 1. The van der Waals surface area contributed by atoms with Crippen molar-refractivity contribution in [3.05, 3.63) is 77.6 Å². The highest BCUT2D eigenvalue weighted by Gasteiger charge is 2.28. The van der Waals surface area contributed by atoms with Gasteiger partial charge in [-0.1, -0.05) is 42.5 Å². The van der Waals surface area contributed by atoms with Crippen LogP contribution in [0.3, 0.4) is 0 Å². The summed E-state index contributed by atoms with van der Waals surface area (Å²) in [7, 11) is 0. The minimum atomic E-state index is -0.468. The van der Waals surface area contributed by atoms with Crippen molar-refractivity contribution in [1.82, 2.24) is 14.9 Å². The number of carbonyl (C=O) groups is 2. The second kappa shape index (κ2) is 10.3. The third-order valence-electron chi connectivity index (χ3n) is 6.18. The molecule has 0 aliphatic carbocycles. The molecule has 1 aromatic heterocycles. The van der Waals surface area contributed by atoms with E-state index in [0.29, 0.717) is 18.5 Å². The summed E-state index contributed by atoms with van der Waals surface area (Å²) in [4.78, 5) is 35.0. The van der Waals surface area contributed by atoms with Crippen molar-refractivity contribution in [3.8, 4) is 11.1 Å². The van der Waals surface area contributed by atoms with Crippen LogP contribution in [0.5, 0.6) is 0 Å². The Hall–Kier alpha value is -3.74. The first kappa shape index (κ1) is 22.5. The van der Waals surface area contributed by atoms with Crippen molar-refractivity contribution >= 4 is 17.8 Å². The minimum Gasteiger partial charge on any atom is -0.368 e. The Balaban J connectivity index is 1.46. The number of rotatable bonds is 7. The van der Waals surface area contributed by atoms with Crippen molar-refractivity contribution in [2.24, 2.45) is 5.73 Å². The number of nitrogen functional groups attached to an aromatic ring is 1. The molecular formula is C26H29N5O2. The first-order valence-corrected chi connectivity index (χ1v) is 11.4. The molecule has 1 unspecified atom stereocenters. The smallest absolute Gasteiger partial charge is 0.248 e. The van der Waals surface area contributed by atoms with E-state index in [1.807, 2.05) is 35.2 Å². The lowest BCUT2D eigenvalue weighted by atomic mass is 9.89. The minimum absolute atomic E-state index is 0.0768. The van der Waals surface area contributed by atoms with Gasteiger partial charge in [-0.05, 0) is 48.9 Å². The largest absolute Gasteiger partial charge is 0.368 e. The fraction of sp³-hybridized carbons (Fsp3) is 0.308. The normalized spacial score (nSPS) is 15.9. The first-order valence-electron chi connectivity index (χ1n) is 11.4. The second-order valence-electron chi connectivity index (χ2n) is 8.49. The number of nitrogens with two attached hydrogens (primary N) is 2. The molecule has 3 aromatic rings. The van der Waals surface area contributed by atoms with E-state index in [0.717, 1.165) is 49.0 Å². The molecule has 2 aromatic carbocycles. The van der Waals surface area contributed by atoms with Gasteiger partial charge in [-0.25, -0.2) is 9.97 Å². The predicted molar refractivity (Wildman–Crippen MR) is 128 cm³/mol. The third-order valence-corrected chi connectivity index (χ3v) is 6.18. The Bertz CT molecular complexity index is 1120. The van der Waals surface area contributed by atoms with Gasteiger partial charge in [0.25, 0.3) is 0 Å². The Morgan fingerprint density at radius 1 is 1.06 bits per heavy atom. The van der Waals surface area contributed by atoms with Gasteiger partial charge in [-0.15, -0.1) is 0 Å². The second-order valence-corrected chi connectivity index (χ2v) is 8.49. The predicted octanol–water partition coefficient (Wildman–Crippen LogP) is 3.55. The molecule has 0 spiro atoms. The van der Waals surface area contributed by atoms with Crippen molar-refractivity contribution in [2.75, 3.05) is 18.8 Å². The summed E-state index contributed by atoms with van der Waals surface area (Å²) in [6, 6.07) is 17.3. The van der Waals surface area contributed by atoms with Crippen molar-refractivity contribution in [2.45, 2.75) is 38.0 Å². The molecule has 4 rings (SSSR count). The van der Waals surface area contributed by atoms with Crippen LogP contribution in [-0.2, 0) is 11.2 Å². The quantitative estimate of drug-likeness (QED) is 0.579. The highest BCUT2D eigenvalue weighted by Crippen LogP contribution is 2.33. The highest BCUT2D eigenvalue weighted by molar-refractivity contribution is 5.93. The number of amides is 2. The molecule has 0 radical (unpaired) electrons. The molecule has 0 bridgehead atoms. The Morgan fingerprint density at radius 2 is 1.82 bits per heavy atom. The molecule has 170 valence electrons. The number of nitrogens with zero attached hydrogens (tertiary/aromatic N) is 3. The van der Waals surface area contributed by atoms with Gasteiger partial charge in [-0.2, -0.15) is 0 Å². The molecule has 1 aliphatic heterocycles. The van der Waals surface area contributed by atoms with Crippen LogP contribution in [0.25, 0.3) is 11.1 Å². The number of benzene rings is 2. The molecule has 1 saturated heterocycles. The van der Waals surface area contributed by atoms with Crippen molar-refractivity contribution in [3.63, 3.8) is 0 Å². The van der Waals surface area contributed by atoms with E-state index in [4.69, 9.17) is 11.5 Å². The van der Waals surface area contributed by atoms with Crippen LogP contribution in [0.4, 0.5) is 5.95 Å². The zero-order valence-corrected chi connectivity index (χ0v) is 18.6. The van der Waals surface area contributed by atoms with E-state index in [2.05, 4.69) is 22.1 Å². The summed E-state index contributed by atoms with van der Waals surface area (Å²) in [5.74, 6) is 0.0100. The zero-order valence-electron chi connectivity index (χ0n) is 18.6. The number of anilines is 1. The monoisotopic (exact) mass is 443 g/mol. The molecule has 1 fully saturated rings. The van der Waals surface area contributed by atoms with Gasteiger partial charge in [0.15, 0.2) is 0 Å². The molecule has 4 N–H and O–H groups in total. The maximum absolute atomic E-state index is 12.9. The molecular weight excluding hydrogens is 414 g/mol. The number of primary amides is 1. The third kappa shape index (κ3) is 5.55. The number of carbonyl (C=O) groups excluding carboxylic acids is 2. The zero-order chi connectivity index (χ0) is 23.2. The number of piperidine rings is 1. The fourth-order valence-electron chi connectivity index (χ4n) is 4.43. The number of hydrogen-bond donors (Lipinski definition) is 2. The molecule has 1 atom stereocenters. The summed E-state index contributed by atoms with van der Waals surface area (Å²) in [5.41, 5.74) is 15.6. The summed E-state index contributed by atoms with van der Waals surface area (Å²) >= 11 is 0. The summed E-state index contributed by atoms with van der Waals surface area (Å²) < 4.78 is 0. The lowest BCUT2D eigenvalue weighted by molar-refractivity contribution is -0.132. The Kier molecular flexibility index (Phi) is 6.98. The average Bonchev–Trinajstić information content (AvgIpc) is 2.85. The molecule has 7 nitrogen and oxygen atoms in total. The van der Waals surface area contributed by atoms with E-state index in [1.165, 1.54) is 5.56 Å². The van der Waals surface area contributed by atoms with Crippen LogP contribution in [0.1, 0.15) is 53.2 Å². The van der Waals surface area contributed by atoms with E-state index in [1.54, 1.807) is 18.3 Å². The van der Waals surface area contributed by atoms with Crippen LogP contribution >= 0.6 is 0 Å². The van der Waals surface area contributed by atoms with Crippen LogP contribution in [-0.4, -0.2) is 39.8 Å². The van der Waals surface area contributed by atoms with Gasteiger partial charge in [-0.3, -0.25) is 9.59 Å². The van der Waals surface area contributed by atoms with Crippen LogP contribution in [0, 0.1) is 0 Å². The van der Waals surface area contributed by atoms with E-state index >= 15 is 0 Å². The standard InChI is InChI=1S/C26H29N5O2/c27-25(33)20-13-11-19(12-14-20)22-16-29-26(28)30-24(22)21-9-5-15-31(17-21)23(32)10-4-8-18-6-2-1-3-7-18/h1-3,6-7,11-14,16,21H,4-5,8-10,15,17H2,(H2,27,33)(H2,28,29,30). The fourth-order valence-corrected chi connectivity index (χ4v) is 4.43. The van der Waals surface area contributed by atoms with Gasteiger partial charge >= 0.3 is 0 Å². The van der Waals surface area contributed by atoms with Crippen LogP contribution in [0.2, 0.25) is 0 Å². The summed E-state index contributed by atoms with van der Waals surface area (Å²) in [6.07, 6.45) is 5.84. The lowest BCUT2D eigenvalue weighted by Crippen LogP contribution is -2.39. The maximum atomic E-state index is 12.9. The van der Waals surface area contributed by atoms with Gasteiger partial charge in [0.2, 0.25) is 17.8 Å². The average molecular weight is 444 g/mol. The van der Waals surface area contributed by atoms with Gasteiger partial charge in [0, 0.05) is 42.8 Å². The van der Waals surface area contributed by atoms with Gasteiger partial charge in [0.1, 0.15) is 0 Å². The van der Waals surface area contributed by atoms with Crippen molar-refractivity contribution < 1.29 is 9.59 Å².